The van der Waals surface area contributed by atoms with Crippen LogP contribution in [0.1, 0.15) is 24.1 Å². The Kier molecular flexibility index (Phi) is 4.27. The number of aromatic nitrogens is 3. The average molecular weight is 408 g/mol. The molecule has 0 aromatic carbocycles. The van der Waals surface area contributed by atoms with E-state index in [4.69, 9.17) is 4.65 Å². The third-order valence-electron chi connectivity index (χ3n) is 5.61. The van der Waals surface area contributed by atoms with E-state index in [1.807, 2.05) is 31.3 Å². The van der Waals surface area contributed by atoms with Gasteiger partial charge in [-0.05, 0) is 61.3 Å². The second kappa shape index (κ2) is 6.72. The number of nitrogens with one attached hydrogen (secondary N) is 2. The maximum Gasteiger partial charge on any atom is 0.552 e. The fourth-order valence-electron chi connectivity index (χ4n) is 4.07. The smallest absolute Gasteiger partial charge is 0.531 e. The number of fused-ring (bicyclic) bond motifs is 3. The molecule has 7 nitrogen and oxygen atoms in total. The molecule has 1 aliphatic carbocycles. The lowest BCUT2D eigenvalue weighted by Crippen LogP contribution is -2.45. The molecule has 4 heterocycles. The van der Waals surface area contributed by atoms with Crippen LogP contribution in [0, 0.1) is 12.8 Å². The number of aryl methyl sites for hydroxylation is 1. The van der Waals surface area contributed by atoms with Crippen LogP contribution >= 0.6 is 0 Å². The molecule has 1 unspecified atom stereocenters. The number of pyridine rings is 2. The fraction of sp³-hybridized carbons (Fsp3) is 0.250. The predicted octanol–water partition coefficient (Wildman–Crippen LogP) is 2.12. The first-order chi connectivity index (χ1) is 13.9. The van der Waals surface area contributed by atoms with Crippen molar-refractivity contribution in [1.82, 2.24) is 19.7 Å². The first-order valence-corrected chi connectivity index (χ1v) is 11.2. The Morgan fingerprint density at radius 1 is 1.31 bits per heavy atom. The number of H-pyrrole nitrogens is 1. The predicted molar refractivity (Wildman–Crippen MR) is 115 cm³/mol. The summed E-state index contributed by atoms with van der Waals surface area (Å²) in [6, 6.07) is 5.70. The Morgan fingerprint density at radius 2 is 2.14 bits per heavy atom. The molecule has 0 spiro atoms. The van der Waals surface area contributed by atoms with Gasteiger partial charge in [-0.25, -0.2) is 13.9 Å². The number of hydrogen-bond donors (Lipinski definition) is 3. The van der Waals surface area contributed by atoms with Gasteiger partial charge in [0, 0.05) is 35.1 Å². The number of hydrogen-bond acceptors (Lipinski definition) is 5. The largest absolute Gasteiger partial charge is 0.552 e. The number of rotatable bonds is 4. The molecule has 0 bridgehead atoms. The van der Waals surface area contributed by atoms with Gasteiger partial charge in [-0.2, -0.15) is 0 Å². The Morgan fingerprint density at radius 3 is 2.90 bits per heavy atom. The van der Waals surface area contributed by atoms with E-state index in [1.165, 1.54) is 0 Å². The molecule has 0 radical (unpaired) electrons. The summed E-state index contributed by atoms with van der Waals surface area (Å²) in [6.07, 6.45) is 6.72. The van der Waals surface area contributed by atoms with Crippen molar-refractivity contribution in [3.63, 3.8) is 0 Å². The summed E-state index contributed by atoms with van der Waals surface area (Å²) < 4.78 is 21.8. The van der Waals surface area contributed by atoms with Crippen LogP contribution in [0.15, 0.2) is 47.7 Å². The molecule has 5 rings (SSSR count). The molecule has 3 N–H and O–H groups in total. The normalized spacial score (nSPS) is 23.0. The van der Waals surface area contributed by atoms with Gasteiger partial charge in [0.15, 0.2) is 0 Å². The van der Waals surface area contributed by atoms with Crippen molar-refractivity contribution in [3.05, 3.63) is 54.0 Å². The zero-order valence-corrected chi connectivity index (χ0v) is 16.8. The monoisotopic (exact) mass is 408 g/mol. The van der Waals surface area contributed by atoms with Gasteiger partial charge in [-0.3, -0.25) is 4.98 Å². The van der Waals surface area contributed by atoms with Gasteiger partial charge >= 0.3 is 7.12 Å². The summed E-state index contributed by atoms with van der Waals surface area (Å²) >= 11 is 0. The van der Waals surface area contributed by atoms with Gasteiger partial charge in [0.25, 0.3) is 0 Å². The van der Waals surface area contributed by atoms with E-state index in [9.17, 15) is 9.23 Å². The summed E-state index contributed by atoms with van der Waals surface area (Å²) in [7, 11) is -3.60. The van der Waals surface area contributed by atoms with Crippen molar-refractivity contribution >= 4 is 39.3 Å². The van der Waals surface area contributed by atoms with Crippen molar-refractivity contribution in [1.29, 1.82) is 0 Å². The lowest BCUT2D eigenvalue weighted by Gasteiger charge is -2.39. The quantitative estimate of drug-likeness (QED) is 0.454. The summed E-state index contributed by atoms with van der Waals surface area (Å²) in [4.78, 5) is 12.3. The molecule has 0 saturated heterocycles. The Labute approximate surface area is 169 Å². The van der Waals surface area contributed by atoms with Crippen molar-refractivity contribution in [2.45, 2.75) is 30.7 Å². The standard InChI is InChI=1S/C20H21BN4O3S/c1-12-3-4-15(10-23-12)29(2,27)25-14-7-13(8-14)17-9-21(26)28-18-11-24-20-16(19(17)18)5-6-22-20/h3-6,9-11,13-14,26H,2,7-8H2,1H3,(H,22,24)(H,25,27). The first-order valence-electron chi connectivity index (χ1n) is 9.51. The van der Waals surface area contributed by atoms with Gasteiger partial charge in [-0.15, -0.1) is 0 Å². The topological polar surface area (TPSA) is 100 Å². The van der Waals surface area contributed by atoms with Crippen LogP contribution in [0.4, 0.5) is 0 Å². The molecule has 3 aromatic heterocycles. The highest BCUT2D eigenvalue weighted by Crippen LogP contribution is 2.46. The van der Waals surface area contributed by atoms with Crippen LogP contribution in [0.5, 0.6) is 5.75 Å². The van der Waals surface area contributed by atoms with E-state index in [0.29, 0.717) is 10.6 Å². The van der Waals surface area contributed by atoms with E-state index < -0.39 is 16.8 Å². The molecule has 3 aromatic rings. The van der Waals surface area contributed by atoms with E-state index in [2.05, 4.69) is 25.5 Å². The van der Waals surface area contributed by atoms with Gasteiger partial charge in [0.2, 0.25) is 0 Å². The summed E-state index contributed by atoms with van der Waals surface area (Å²) in [5.74, 6) is 6.49. The lowest BCUT2D eigenvalue weighted by molar-refractivity contribution is 0.312. The molecule has 148 valence electrons. The van der Waals surface area contributed by atoms with Crippen molar-refractivity contribution < 1.29 is 13.9 Å². The number of aromatic amines is 1. The van der Waals surface area contributed by atoms with Crippen molar-refractivity contribution in [3.8, 4) is 5.75 Å². The van der Waals surface area contributed by atoms with Gasteiger partial charge < -0.3 is 14.7 Å². The van der Waals surface area contributed by atoms with Gasteiger partial charge in [0.1, 0.15) is 11.4 Å². The van der Waals surface area contributed by atoms with E-state index in [1.54, 1.807) is 18.4 Å². The Hall–Kier alpha value is -2.62. The molecule has 1 aliphatic heterocycles. The second-order valence-corrected chi connectivity index (χ2v) is 9.72. The maximum absolute atomic E-state index is 13.0. The number of nitrogens with zero attached hydrogens (tertiary/aromatic N) is 2. The van der Waals surface area contributed by atoms with Crippen LogP contribution in [0.25, 0.3) is 16.6 Å². The lowest BCUT2D eigenvalue weighted by atomic mass is 9.68. The van der Waals surface area contributed by atoms with E-state index in [-0.39, 0.29) is 12.0 Å². The van der Waals surface area contributed by atoms with Crippen molar-refractivity contribution in [2.75, 3.05) is 0 Å². The van der Waals surface area contributed by atoms with Crippen LogP contribution in [0.2, 0.25) is 0 Å². The molecular weight excluding hydrogens is 387 g/mol. The first kappa shape index (κ1) is 18.4. The molecule has 29 heavy (non-hydrogen) atoms. The molecule has 9 heteroatoms. The SMILES string of the molecule is C=S(=O)(NC1CC(C2=CB(O)Oc3cnc4[nH]ccc4c32)C1)c1ccc(C)nc1. The molecule has 0 amide bonds. The van der Waals surface area contributed by atoms with Gasteiger partial charge in [0.05, 0.1) is 20.8 Å². The maximum atomic E-state index is 13.0. The zero-order valence-electron chi connectivity index (χ0n) is 16.0. The molecule has 2 aliphatic rings. The summed E-state index contributed by atoms with van der Waals surface area (Å²) in [5.41, 5.74) is 3.69. The summed E-state index contributed by atoms with van der Waals surface area (Å²) in [6.45, 7) is 1.89. The minimum absolute atomic E-state index is 0.0826. The highest BCUT2D eigenvalue weighted by molar-refractivity contribution is 7.98. The minimum atomic E-state index is -2.61. The highest BCUT2D eigenvalue weighted by atomic mass is 32.2. The Balaban J connectivity index is 1.36. The van der Waals surface area contributed by atoms with Crippen LogP contribution in [-0.4, -0.2) is 43.2 Å². The molecular formula is C20H21BN4O3S. The average Bonchev–Trinajstić information content (AvgIpc) is 3.12. The van der Waals surface area contributed by atoms with Crippen LogP contribution in [0.3, 0.4) is 0 Å². The highest BCUT2D eigenvalue weighted by Gasteiger charge is 2.38. The third kappa shape index (κ3) is 3.25. The minimum Gasteiger partial charge on any atom is -0.531 e. The van der Waals surface area contributed by atoms with Gasteiger partial charge in [-0.1, -0.05) is 0 Å². The fourth-order valence-corrected chi connectivity index (χ4v) is 5.45. The second-order valence-electron chi connectivity index (χ2n) is 7.66. The van der Waals surface area contributed by atoms with Crippen molar-refractivity contribution in [2.24, 2.45) is 5.92 Å². The summed E-state index contributed by atoms with van der Waals surface area (Å²) in [5, 5.41) is 11.1. The molecule has 1 fully saturated rings. The zero-order chi connectivity index (χ0) is 20.2. The van der Waals surface area contributed by atoms with Crippen LogP contribution in [-0.2, 0) is 9.71 Å². The Bertz CT molecular complexity index is 1210. The van der Waals surface area contributed by atoms with Crippen LogP contribution < -0.4 is 9.38 Å². The number of allylic oxidation sites excluding steroid dienone is 1. The third-order valence-corrected chi connectivity index (χ3v) is 7.33. The molecule has 1 saturated carbocycles. The van der Waals surface area contributed by atoms with E-state index >= 15 is 0 Å². The van der Waals surface area contributed by atoms with E-state index in [0.717, 1.165) is 40.7 Å². The molecule has 1 atom stereocenters.